The molecule has 2 aromatic carbocycles. The van der Waals surface area contributed by atoms with E-state index in [1.165, 1.54) is 24.3 Å². The lowest BCUT2D eigenvalue weighted by Gasteiger charge is -2.20. The molecule has 1 aliphatic heterocycles. The first-order valence-corrected chi connectivity index (χ1v) is 10.5. The van der Waals surface area contributed by atoms with E-state index in [2.05, 4.69) is 0 Å². The summed E-state index contributed by atoms with van der Waals surface area (Å²) in [4.78, 5) is 13.4. The van der Waals surface area contributed by atoms with E-state index in [-0.39, 0.29) is 35.0 Å². The number of hydrogen-bond donors (Lipinski definition) is 0. The van der Waals surface area contributed by atoms with E-state index in [9.17, 15) is 18.0 Å². The van der Waals surface area contributed by atoms with Gasteiger partial charge >= 0.3 is 6.18 Å². The van der Waals surface area contributed by atoms with Crippen LogP contribution in [0.1, 0.15) is 38.5 Å². The van der Waals surface area contributed by atoms with Gasteiger partial charge in [-0.05, 0) is 49.6 Å². The van der Waals surface area contributed by atoms with E-state index in [4.69, 9.17) is 18.6 Å². The fraction of sp³-hybridized carbons (Fsp3) is 0.375. The number of hydrogen-bond acceptors (Lipinski definition) is 5. The molecule has 1 aliphatic rings. The van der Waals surface area contributed by atoms with Crippen molar-refractivity contribution in [2.45, 2.75) is 45.9 Å². The second kappa shape index (κ2) is 8.41. The molecule has 5 nitrogen and oxygen atoms in total. The Hall–Kier alpha value is -3.16. The van der Waals surface area contributed by atoms with Gasteiger partial charge in [-0.3, -0.25) is 4.79 Å². The summed E-state index contributed by atoms with van der Waals surface area (Å²) in [5, 5.41) is 0.0717. The van der Waals surface area contributed by atoms with Crippen molar-refractivity contribution in [3.63, 3.8) is 0 Å². The molecule has 32 heavy (non-hydrogen) atoms. The molecule has 0 saturated carbocycles. The summed E-state index contributed by atoms with van der Waals surface area (Å²) in [6.45, 7) is 6.23. The fourth-order valence-electron chi connectivity index (χ4n) is 3.76. The van der Waals surface area contributed by atoms with E-state index >= 15 is 0 Å². The molecule has 0 amide bonds. The Morgan fingerprint density at radius 2 is 1.78 bits per heavy atom. The van der Waals surface area contributed by atoms with Crippen LogP contribution in [0.2, 0.25) is 0 Å². The van der Waals surface area contributed by atoms with Crippen LogP contribution in [-0.4, -0.2) is 19.3 Å². The van der Waals surface area contributed by atoms with Gasteiger partial charge in [-0.15, -0.1) is 0 Å². The Labute approximate surface area is 182 Å². The molecule has 0 N–H and O–H groups in total. The Bertz CT molecular complexity index is 1210. The van der Waals surface area contributed by atoms with Crippen LogP contribution in [0.5, 0.6) is 17.2 Å². The maximum Gasteiger partial charge on any atom is 0.450 e. The van der Waals surface area contributed by atoms with Crippen molar-refractivity contribution in [1.82, 2.24) is 0 Å². The number of fused-ring (bicyclic) bond motifs is 2. The van der Waals surface area contributed by atoms with Gasteiger partial charge in [0.15, 0.2) is 11.5 Å². The highest BCUT2D eigenvalue weighted by atomic mass is 19.4. The standard InChI is InChI=1S/C24H23F3O5/c1-4-5-14-10-16-19(12-18(14)31-13(2)3)32-23(24(25,26)27)21(22(16)28)15-6-7-17-20(11-15)30-9-8-29-17/h6-7,10-13H,4-5,8-9H2,1-3H3. The van der Waals surface area contributed by atoms with Crippen molar-refractivity contribution >= 4 is 11.0 Å². The van der Waals surface area contributed by atoms with E-state index < -0.39 is 22.9 Å². The van der Waals surface area contributed by atoms with Crippen LogP contribution in [0.3, 0.4) is 0 Å². The molecule has 0 radical (unpaired) electrons. The van der Waals surface area contributed by atoms with Crippen LogP contribution in [-0.2, 0) is 12.6 Å². The molecule has 0 atom stereocenters. The zero-order chi connectivity index (χ0) is 23.0. The molecule has 0 unspecified atom stereocenters. The first-order valence-electron chi connectivity index (χ1n) is 10.5. The topological polar surface area (TPSA) is 57.9 Å². The van der Waals surface area contributed by atoms with Gasteiger partial charge in [0.1, 0.15) is 24.5 Å². The summed E-state index contributed by atoms with van der Waals surface area (Å²) in [5.41, 5.74) is -0.685. The summed E-state index contributed by atoms with van der Waals surface area (Å²) < 4.78 is 63.9. The third kappa shape index (κ3) is 4.13. The average Bonchev–Trinajstić information content (AvgIpc) is 2.73. The SMILES string of the molecule is CCCc1cc2c(=O)c(-c3ccc4c(c3)OCCO4)c(C(F)(F)F)oc2cc1OC(C)C. The zero-order valence-corrected chi connectivity index (χ0v) is 18.0. The number of alkyl halides is 3. The van der Waals surface area contributed by atoms with Gasteiger partial charge in [-0.1, -0.05) is 19.4 Å². The van der Waals surface area contributed by atoms with E-state index in [0.717, 1.165) is 12.0 Å². The van der Waals surface area contributed by atoms with E-state index in [1.807, 2.05) is 20.8 Å². The number of ether oxygens (including phenoxy) is 3. The van der Waals surface area contributed by atoms with Gasteiger partial charge in [-0.2, -0.15) is 13.2 Å². The van der Waals surface area contributed by atoms with Gasteiger partial charge < -0.3 is 18.6 Å². The Kier molecular flexibility index (Phi) is 5.79. The largest absolute Gasteiger partial charge is 0.491 e. The average molecular weight is 448 g/mol. The number of rotatable bonds is 5. The molecule has 2 heterocycles. The predicted octanol–water partition coefficient (Wildman–Crippen LogP) is 5.99. The molecular formula is C24H23F3O5. The van der Waals surface area contributed by atoms with Gasteiger partial charge in [0.05, 0.1) is 17.1 Å². The minimum atomic E-state index is -4.88. The molecule has 4 rings (SSSR count). The molecule has 8 heteroatoms. The van der Waals surface area contributed by atoms with Crippen molar-refractivity contribution in [1.29, 1.82) is 0 Å². The van der Waals surface area contributed by atoms with Crippen molar-refractivity contribution in [3.8, 4) is 28.4 Å². The van der Waals surface area contributed by atoms with E-state index in [0.29, 0.717) is 24.5 Å². The monoisotopic (exact) mass is 448 g/mol. The van der Waals surface area contributed by atoms with Gasteiger partial charge in [0.2, 0.25) is 11.2 Å². The summed E-state index contributed by atoms with van der Waals surface area (Å²) in [5.74, 6) is -0.240. The molecule has 3 aromatic rings. The van der Waals surface area contributed by atoms with Crippen LogP contribution in [0.15, 0.2) is 39.5 Å². The normalized spacial score (nSPS) is 13.6. The van der Waals surface area contributed by atoms with Crippen LogP contribution >= 0.6 is 0 Å². The zero-order valence-electron chi connectivity index (χ0n) is 18.0. The molecule has 0 saturated heterocycles. The summed E-state index contributed by atoms with van der Waals surface area (Å²) in [6, 6.07) is 7.24. The lowest BCUT2D eigenvalue weighted by molar-refractivity contribution is -0.152. The minimum absolute atomic E-state index is 0.0526. The van der Waals surface area contributed by atoms with E-state index in [1.54, 1.807) is 6.07 Å². The van der Waals surface area contributed by atoms with Gasteiger partial charge in [0.25, 0.3) is 0 Å². The Morgan fingerprint density at radius 3 is 2.44 bits per heavy atom. The second-order valence-electron chi connectivity index (χ2n) is 7.86. The first kappa shape index (κ1) is 22.0. The van der Waals surface area contributed by atoms with Crippen molar-refractivity contribution in [2.75, 3.05) is 13.2 Å². The summed E-state index contributed by atoms with van der Waals surface area (Å²) >= 11 is 0. The van der Waals surface area contributed by atoms with Crippen LogP contribution in [0, 0.1) is 0 Å². The molecule has 1 aromatic heterocycles. The van der Waals surface area contributed by atoms with Crippen molar-refractivity contribution in [2.24, 2.45) is 0 Å². The molecule has 170 valence electrons. The number of halogens is 3. The third-order valence-corrected chi connectivity index (χ3v) is 5.04. The number of benzene rings is 2. The molecule has 0 bridgehead atoms. The van der Waals surface area contributed by atoms with Crippen molar-refractivity contribution < 1.29 is 31.8 Å². The highest BCUT2D eigenvalue weighted by Crippen LogP contribution is 2.41. The minimum Gasteiger partial charge on any atom is -0.491 e. The van der Waals surface area contributed by atoms with Crippen LogP contribution in [0.25, 0.3) is 22.1 Å². The lowest BCUT2D eigenvalue weighted by atomic mass is 9.99. The fourth-order valence-corrected chi connectivity index (χ4v) is 3.76. The van der Waals surface area contributed by atoms with Crippen LogP contribution in [0.4, 0.5) is 13.2 Å². The predicted molar refractivity (Wildman–Crippen MR) is 114 cm³/mol. The Balaban J connectivity index is 1.99. The number of aryl methyl sites for hydroxylation is 1. The second-order valence-corrected chi connectivity index (χ2v) is 7.86. The van der Waals surface area contributed by atoms with Gasteiger partial charge in [-0.25, -0.2) is 0 Å². The maximum absolute atomic E-state index is 14.0. The smallest absolute Gasteiger partial charge is 0.450 e. The summed E-state index contributed by atoms with van der Waals surface area (Å²) in [6.07, 6.45) is -3.68. The Morgan fingerprint density at radius 1 is 1.06 bits per heavy atom. The molecule has 0 fully saturated rings. The summed E-state index contributed by atoms with van der Waals surface area (Å²) in [7, 11) is 0. The molecular weight excluding hydrogens is 425 g/mol. The third-order valence-electron chi connectivity index (χ3n) is 5.04. The maximum atomic E-state index is 14.0. The highest BCUT2D eigenvalue weighted by Gasteiger charge is 2.39. The van der Waals surface area contributed by atoms with Gasteiger partial charge in [0, 0.05) is 6.07 Å². The molecule has 0 spiro atoms. The molecule has 0 aliphatic carbocycles. The quantitative estimate of drug-likeness (QED) is 0.480. The highest BCUT2D eigenvalue weighted by molar-refractivity contribution is 5.85. The van der Waals surface area contributed by atoms with Crippen molar-refractivity contribution in [3.05, 3.63) is 51.9 Å². The van der Waals surface area contributed by atoms with Crippen LogP contribution < -0.4 is 19.6 Å². The first-order chi connectivity index (χ1) is 15.2. The lowest BCUT2D eigenvalue weighted by Crippen LogP contribution is -2.18.